The molecule has 0 radical (unpaired) electrons. The normalized spacial score (nSPS) is 17.1. The van der Waals surface area contributed by atoms with E-state index in [-0.39, 0.29) is 5.91 Å². The standard InChI is InChI=1S/C22H28N2O2/c23-14-12-19-9-6-15-24(17-19)22(25)20-10-4-5-11-21(20)26-16-13-18-7-2-1-3-8-18/h1-5,7-8,10-11,19H,6,9,12-17,23H2/t19-/m0/s1. The molecule has 0 unspecified atom stereocenters. The summed E-state index contributed by atoms with van der Waals surface area (Å²) in [6.45, 7) is 2.86. The van der Waals surface area contributed by atoms with E-state index in [4.69, 9.17) is 10.5 Å². The number of ether oxygens (including phenoxy) is 1. The van der Waals surface area contributed by atoms with Crippen LogP contribution in [0.5, 0.6) is 5.75 Å². The third-order valence-electron chi connectivity index (χ3n) is 4.99. The summed E-state index contributed by atoms with van der Waals surface area (Å²) in [5.41, 5.74) is 7.59. The van der Waals surface area contributed by atoms with Crippen LogP contribution in [0.2, 0.25) is 0 Å². The van der Waals surface area contributed by atoms with Gasteiger partial charge in [-0.1, -0.05) is 42.5 Å². The van der Waals surface area contributed by atoms with Crippen LogP contribution in [0.4, 0.5) is 0 Å². The SMILES string of the molecule is NCC[C@@H]1CCCN(C(=O)c2ccccc2OCCc2ccccc2)C1. The fourth-order valence-electron chi connectivity index (χ4n) is 3.58. The van der Waals surface area contributed by atoms with E-state index < -0.39 is 0 Å². The molecule has 1 amide bonds. The number of carbonyl (C=O) groups excluding carboxylic acids is 1. The van der Waals surface area contributed by atoms with Crippen LogP contribution in [0.3, 0.4) is 0 Å². The minimum absolute atomic E-state index is 0.0713. The highest BCUT2D eigenvalue weighted by atomic mass is 16.5. The van der Waals surface area contributed by atoms with E-state index in [1.165, 1.54) is 5.56 Å². The summed E-state index contributed by atoms with van der Waals surface area (Å²) in [7, 11) is 0. The fourth-order valence-corrected chi connectivity index (χ4v) is 3.58. The molecule has 0 aliphatic carbocycles. The van der Waals surface area contributed by atoms with Gasteiger partial charge in [0.1, 0.15) is 5.75 Å². The molecule has 2 aromatic rings. The summed E-state index contributed by atoms with van der Waals surface area (Å²) in [5, 5.41) is 0. The minimum atomic E-state index is 0.0713. The van der Waals surface area contributed by atoms with Crippen molar-refractivity contribution in [2.75, 3.05) is 26.2 Å². The quantitative estimate of drug-likeness (QED) is 0.830. The zero-order chi connectivity index (χ0) is 18.2. The summed E-state index contributed by atoms with van der Waals surface area (Å²) < 4.78 is 5.96. The smallest absolute Gasteiger partial charge is 0.257 e. The van der Waals surface area contributed by atoms with Crippen molar-refractivity contribution >= 4 is 5.91 Å². The Morgan fingerprint density at radius 3 is 2.69 bits per heavy atom. The van der Waals surface area contributed by atoms with Crippen LogP contribution in [0, 0.1) is 5.92 Å². The molecule has 4 heteroatoms. The van der Waals surface area contributed by atoms with Crippen molar-refractivity contribution in [2.24, 2.45) is 11.7 Å². The van der Waals surface area contributed by atoms with Crippen molar-refractivity contribution in [1.29, 1.82) is 0 Å². The van der Waals surface area contributed by atoms with Crippen molar-refractivity contribution in [3.63, 3.8) is 0 Å². The topological polar surface area (TPSA) is 55.6 Å². The molecule has 2 N–H and O–H groups in total. The zero-order valence-electron chi connectivity index (χ0n) is 15.3. The van der Waals surface area contributed by atoms with Crippen LogP contribution in [0.25, 0.3) is 0 Å². The fraction of sp³-hybridized carbons (Fsp3) is 0.409. The van der Waals surface area contributed by atoms with E-state index in [9.17, 15) is 4.79 Å². The number of para-hydroxylation sites is 1. The second kappa shape index (κ2) is 9.39. The van der Waals surface area contributed by atoms with Gasteiger partial charge in [-0.05, 0) is 49.4 Å². The second-order valence-electron chi connectivity index (χ2n) is 6.92. The van der Waals surface area contributed by atoms with Crippen LogP contribution in [0.1, 0.15) is 35.2 Å². The second-order valence-corrected chi connectivity index (χ2v) is 6.92. The maximum atomic E-state index is 13.0. The number of piperidine rings is 1. The molecule has 3 rings (SSSR count). The third kappa shape index (κ3) is 4.85. The number of carbonyl (C=O) groups is 1. The first-order chi connectivity index (χ1) is 12.8. The number of amides is 1. The Morgan fingerprint density at radius 1 is 1.12 bits per heavy atom. The minimum Gasteiger partial charge on any atom is -0.492 e. The Balaban J connectivity index is 1.63. The van der Waals surface area contributed by atoms with E-state index in [1.54, 1.807) is 0 Å². The molecule has 1 fully saturated rings. The van der Waals surface area contributed by atoms with Crippen LogP contribution in [-0.2, 0) is 6.42 Å². The lowest BCUT2D eigenvalue weighted by Crippen LogP contribution is -2.40. The number of benzene rings is 2. The van der Waals surface area contributed by atoms with Gasteiger partial charge in [-0.15, -0.1) is 0 Å². The van der Waals surface area contributed by atoms with Gasteiger partial charge in [0.15, 0.2) is 0 Å². The zero-order valence-corrected chi connectivity index (χ0v) is 15.3. The molecule has 1 aliphatic rings. The summed E-state index contributed by atoms with van der Waals surface area (Å²) >= 11 is 0. The van der Waals surface area contributed by atoms with Crippen LogP contribution >= 0.6 is 0 Å². The Morgan fingerprint density at radius 2 is 1.88 bits per heavy atom. The molecular formula is C22H28N2O2. The lowest BCUT2D eigenvalue weighted by Gasteiger charge is -2.33. The predicted octanol–water partition coefficient (Wildman–Crippen LogP) is 3.51. The molecule has 4 nitrogen and oxygen atoms in total. The molecule has 0 saturated carbocycles. The summed E-state index contributed by atoms with van der Waals surface area (Å²) in [5.74, 6) is 1.26. The first kappa shape index (κ1) is 18.5. The monoisotopic (exact) mass is 352 g/mol. The van der Waals surface area contributed by atoms with Crippen molar-refractivity contribution < 1.29 is 9.53 Å². The first-order valence-electron chi connectivity index (χ1n) is 9.53. The third-order valence-corrected chi connectivity index (χ3v) is 4.99. The molecule has 0 spiro atoms. The molecule has 0 aromatic heterocycles. The largest absolute Gasteiger partial charge is 0.492 e. The van der Waals surface area contributed by atoms with Gasteiger partial charge in [0, 0.05) is 19.5 Å². The van der Waals surface area contributed by atoms with Crippen molar-refractivity contribution in [2.45, 2.75) is 25.7 Å². The number of likely N-dealkylation sites (tertiary alicyclic amines) is 1. The van der Waals surface area contributed by atoms with Crippen LogP contribution < -0.4 is 10.5 Å². The Bertz CT molecular complexity index is 700. The van der Waals surface area contributed by atoms with E-state index in [0.717, 1.165) is 38.8 Å². The van der Waals surface area contributed by atoms with Gasteiger partial charge >= 0.3 is 0 Å². The van der Waals surface area contributed by atoms with E-state index in [1.807, 2.05) is 47.4 Å². The van der Waals surface area contributed by atoms with Crippen LogP contribution in [0.15, 0.2) is 54.6 Å². The van der Waals surface area contributed by atoms with E-state index >= 15 is 0 Å². The maximum absolute atomic E-state index is 13.0. The van der Waals surface area contributed by atoms with E-state index in [0.29, 0.717) is 30.4 Å². The average Bonchev–Trinajstić information content (AvgIpc) is 2.69. The van der Waals surface area contributed by atoms with E-state index in [2.05, 4.69) is 12.1 Å². The molecule has 2 aromatic carbocycles. The van der Waals surface area contributed by atoms with Gasteiger partial charge in [-0.3, -0.25) is 4.79 Å². The van der Waals surface area contributed by atoms with Gasteiger partial charge in [0.25, 0.3) is 5.91 Å². The molecule has 1 aliphatic heterocycles. The highest BCUT2D eigenvalue weighted by Gasteiger charge is 2.25. The summed E-state index contributed by atoms with van der Waals surface area (Å²) in [6.07, 6.45) is 4.02. The Labute approximate surface area is 156 Å². The molecule has 0 bridgehead atoms. The van der Waals surface area contributed by atoms with Crippen molar-refractivity contribution in [3.8, 4) is 5.75 Å². The van der Waals surface area contributed by atoms with Crippen molar-refractivity contribution in [1.82, 2.24) is 4.90 Å². The van der Waals surface area contributed by atoms with Gasteiger partial charge in [-0.2, -0.15) is 0 Å². The van der Waals surface area contributed by atoms with Gasteiger partial charge in [0.2, 0.25) is 0 Å². The number of hydrogen-bond acceptors (Lipinski definition) is 3. The number of nitrogens with two attached hydrogens (primary N) is 1. The highest BCUT2D eigenvalue weighted by molar-refractivity contribution is 5.97. The summed E-state index contributed by atoms with van der Waals surface area (Å²) in [6, 6.07) is 17.8. The van der Waals surface area contributed by atoms with Gasteiger partial charge in [-0.25, -0.2) is 0 Å². The van der Waals surface area contributed by atoms with Crippen LogP contribution in [-0.4, -0.2) is 37.0 Å². The predicted molar refractivity (Wildman–Crippen MR) is 104 cm³/mol. The lowest BCUT2D eigenvalue weighted by atomic mass is 9.94. The molecule has 1 saturated heterocycles. The molecule has 1 heterocycles. The Hall–Kier alpha value is -2.33. The molecule has 138 valence electrons. The highest BCUT2D eigenvalue weighted by Crippen LogP contribution is 2.25. The van der Waals surface area contributed by atoms with Gasteiger partial charge in [0.05, 0.1) is 12.2 Å². The molecule has 1 atom stereocenters. The van der Waals surface area contributed by atoms with Crippen molar-refractivity contribution in [3.05, 3.63) is 65.7 Å². The summed E-state index contributed by atoms with van der Waals surface area (Å²) in [4.78, 5) is 15.0. The Kier molecular flexibility index (Phi) is 6.67. The molecular weight excluding hydrogens is 324 g/mol. The number of hydrogen-bond donors (Lipinski definition) is 1. The maximum Gasteiger partial charge on any atom is 0.257 e. The average molecular weight is 352 g/mol. The molecule has 26 heavy (non-hydrogen) atoms. The lowest BCUT2D eigenvalue weighted by molar-refractivity contribution is 0.0665. The number of nitrogens with zero attached hydrogens (tertiary/aromatic N) is 1. The van der Waals surface area contributed by atoms with Gasteiger partial charge < -0.3 is 15.4 Å². The first-order valence-corrected chi connectivity index (χ1v) is 9.53. The number of rotatable bonds is 7.